The molecule has 0 aromatic heterocycles. The van der Waals surface area contributed by atoms with Crippen LogP contribution < -0.4 is 4.90 Å². The van der Waals surface area contributed by atoms with Crippen LogP contribution in [0.25, 0.3) is 0 Å². The van der Waals surface area contributed by atoms with Gasteiger partial charge in [-0.25, -0.2) is 0 Å². The summed E-state index contributed by atoms with van der Waals surface area (Å²) in [4.78, 5) is 23.9. The molecule has 1 unspecified atom stereocenters. The van der Waals surface area contributed by atoms with Crippen molar-refractivity contribution in [1.82, 2.24) is 0 Å². The molecule has 1 aromatic carbocycles. The van der Waals surface area contributed by atoms with Gasteiger partial charge in [-0.15, -0.1) is 0 Å². The van der Waals surface area contributed by atoms with Crippen LogP contribution in [0.5, 0.6) is 0 Å². The Kier molecular flexibility index (Phi) is 5.35. The van der Waals surface area contributed by atoms with E-state index in [1.54, 1.807) is 17.8 Å². The van der Waals surface area contributed by atoms with Crippen LogP contribution in [0, 0.1) is 10.1 Å². The fourth-order valence-electron chi connectivity index (χ4n) is 1.82. The maximum absolute atomic E-state index is 11.7. The molecule has 6 heteroatoms. The molecule has 0 saturated carbocycles. The Morgan fingerprint density at radius 3 is 2.63 bits per heavy atom. The van der Waals surface area contributed by atoms with E-state index in [1.165, 1.54) is 19.1 Å². The molecular formula is C13H18N2O3S. The Labute approximate surface area is 117 Å². The van der Waals surface area contributed by atoms with Gasteiger partial charge in [0.2, 0.25) is 0 Å². The summed E-state index contributed by atoms with van der Waals surface area (Å²) in [6.45, 7) is 3.48. The average Bonchev–Trinajstić information content (AvgIpc) is 2.37. The first-order valence-electron chi connectivity index (χ1n) is 5.89. The molecule has 0 fully saturated rings. The van der Waals surface area contributed by atoms with Crippen LogP contribution in [-0.4, -0.2) is 35.8 Å². The molecule has 0 aliphatic carbocycles. The first-order valence-corrected chi connectivity index (χ1v) is 7.29. The second kappa shape index (κ2) is 6.56. The second-order valence-electron chi connectivity index (χ2n) is 4.43. The van der Waals surface area contributed by atoms with E-state index in [9.17, 15) is 14.9 Å². The predicted octanol–water partition coefficient (Wildman–Crippen LogP) is 2.99. The quantitative estimate of drug-likeness (QED) is 0.456. The van der Waals surface area contributed by atoms with E-state index in [0.717, 1.165) is 11.4 Å². The summed E-state index contributed by atoms with van der Waals surface area (Å²) in [5.41, 5.74) is 1.07. The molecular weight excluding hydrogens is 264 g/mol. The molecule has 104 valence electrons. The van der Waals surface area contributed by atoms with Gasteiger partial charge < -0.3 is 4.90 Å². The van der Waals surface area contributed by atoms with Crippen LogP contribution in [0.3, 0.4) is 0 Å². The maximum Gasteiger partial charge on any atom is 0.270 e. The van der Waals surface area contributed by atoms with Crippen molar-refractivity contribution < 1.29 is 9.72 Å². The summed E-state index contributed by atoms with van der Waals surface area (Å²) < 4.78 is 0. The number of benzene rings is 1. The molecule has 1 rings (SSSR count). The van der Waals surface area contributed by atoms with E-state index in [1.807, 2.05) is 18.2 Å². The molecule has 0 radical (unpaired) electrons. The summed E-state index contributed by atoms with van der Waals surface area (Å²) in [7, 11) is 1.90. The third-order valence-electron chi connectivity index (χ3n) is 3.02. The summed E-state index contributed by atoms with van der Waals surface area (Å²) in [6.07, 6.45) is 2.02. The number of nitro groups is 1. The van der Waals surface area contributed by atoms with Gasteiger partial charge in [0, 0.05) is 42.2 Å². The van der Waals surface area contributed by atoms with Crippen molar-refractivity contribution in [2.24, 2.45) is 0 Å². The number of ketones is 1. The molecule has 0 aliphatic rings. The van der Waals surface area contributed by atoms with Gasteiger partial charge in [-0.05, 0) is 26.2 Å². The molecule has 0 heterocycles. The van der Waals surface area contributed by atoms with Crippen molar-refractivity contribution in [2.45, 2.75) is 19.9 Å². The number of carbonyl (C=O) groups is 1. The maximum atomic E-state index is 11.7. The largest absolute Gasteiger partial charge is 0.370 e. The monoisotopic (exact) mass is 282 g/mol. The zero-order valence-corrected chi connectivity index (χ0v) is 12.4. The van der Waals surface area contributed by atoms with E-state index in [-0.39, 0.29) is 17.5 Å². The van der Waals surface area contributed by atoms with Gasteiger partial charge in [0.15, 0.2) is 5.78 Å². The average molecular weight is 282 g/mol. The third kappa shape index (κ3) is 3.70. The van der Waals surface area contributed by atoms with Crippen LogP contribution in [0.15, 0.2) is 18.2 Å². The summed E-state index contributed by atoms with van der Waals surface area (Å²) in [5, 5.41) is 10.8. The lowest BCUT2D eigenvalue weighted by atomic mass is 10.1. The lowest BCUT2D eigenvalue weighted by molar-refractivity contribution is -0.384. The highest BCUT2D eigenvalue weighted by atomic mass is 32.2. The lowest BCUT2D eigenvalue weighted by Gasteiger charge is -2.28. The van der Waals surface area contributed by atoms with Crippen LogP contribution in [0.4, 0.5) is 11.4 Å². The molecule has 0 N–H and O–H groups in total. The zero-order valence-electron chi connectivity index (χ0n) is 11.5. The number of nitrogens with zero attached hydrogens (tertiary/aromatic N) is 2. The van der Waals surface area contributed by atoms with Crippen molar-refractivity contribution in [3.05, 3.63) is 33.9 Å². The molecule has 0 amide bonds. The highest BCUT2D eigenvalue weighted by molar-refractivity contribution is 7.98. The number of rotatable bonds is 6. The van der Waals surface area contributed by atoms with E-state index in [0.29, 0.717) is 5.56 Å². The van der Waals surface area contributed by atoms with Crippen LogP contribution in [0.1, 0.15) is 24.2 Å². The number of thioether (sulfide) groups is 1. The van der Waals surface area contributed by atoms with E-state index in [2.05, 4.69) is 6.92 Å². The number of nitro benzene ring substituents is 1. The van der Waals surface area contributed by atoms with Crippen LogP contribution >= 0.6 is 11.8 Å². The van der Waals surface area contributed by atoms with E-state index >= 15 is 0 Å². The summed E-state index contributed by atoms with van der Waals surface area (Å²) in [5.74, 6) is 0.757. The van der Waals surface area contributed by atoms with Gasteiger partial charge in [-0.3, -0.25) is 14.9 Å². The fourth-order valence-corrected chi connectivity index (χ4v) is 2.52. The van der Waals surface area contributed by atoms with Crippen molar-refractivity contribution >= 4 is 28.9 Å². The smallest absolute Gasteiger partial charge is 0.270 e. The SMILES string of the molecule is CSCC(C)N(C)c1ccc([N+](=O)[O-])cc1C(C)=O. The first-order chi connectivity index (χ1) is 8.88. The summed E-state index contributed by atoms with van der Waals surface area (Å²) in [6, 6.07) is 4.67. The highest BCUT2D eigenvalue weighted by Crippen LogP contribution is 2.27. The highest BCUT2D eigenvalue weighted by Gasteiger charge is 2.19. The van der Waals surface area contributed by atoms with Gasteiger partial charge in [-0.1, -0.05) is 0 Å². The number of anilines is 1. The van der Waals surface area contributed by atoms with Gasteiger partial charge in [0.05, 0.1) is 4.92 Å². The Morgan fingerprint density at radius 1 is 1.53 bits per heavy atom. The number of non-ortho nitro benzene ring substituents is 1. The molecule has 1 atom stereocenters. The van der Waals surface area contributed by atoms with Crippen molar-refractivity contribution in [1.29, 1.82) is 0 Å². The van der Waals surface area contributed by atoms with Crippen LogP contribution in [-0.2, 0) is 0 Å². The van der Waals surface area contributed by atoms with Gasteiger partial charge in [0.1, 0.15) is 0 Å². The minimum absolute atomic E-state index is 0.0557. The predicted molar refractivity (Wildman–Crippen MR) is 79.3 cm³/mol. The Hall–Kier alpha value is -1.56. The fraction of sp³-hybridized carbons (Fsp3) is 0.462. The van der Waals surface area contributed by atoms with Gasteiger partial charge in [0.25, 0.3) is 5.69 Å². The van der Waals surface area contributed by atoms with Crippen molar-refractivity contribution in [3.8, 4) is 0 Å². The Bertz CT molecular complexity index is 491. The third-order valence-corrected chi connectivity index (χ3v) is 3.84. The number of carbonyl (C=O) groups excluding carboxylic acids is 1. The molecule has 19 heavy (non-hydrogen) atoms. The van der Waals surface area contributed by atoms with Crippen LogP contribution in [0.2, 0.25) is 0 Å². The van der Waals surface area contributed by atoms with Gasteiger partial charge >= 0.3 is 0 Å². The summed E-state index contributed by atoms with van der Waals surface area (Å²) >= 11 is 1.72. The molecule has 0 aliphatic heterocycles. The van der Waals surface area contributed by atoms with Gasteiger partial charge in [-0.2, -0.15) is 11.8 Å². The topological polar surface area (TPSA) is 63.4 Å². The molecule has 5 nitrogen and oxygen atoms in total. The number of hydrogen-bond acceptors (Lipinski definition) is 5. The number of hydrogen-bond donors (Lipinski definition) is 0. The Morgan fingerprint density at radius 2 is 2.16 bits per heavy atom. The first kappa shape index (κ1) is 15.5. The second-order valence-corrected chi connectivity index (χ2v) is 5.34. The molecule has 0 spiro atoms. The normalized spacial score (nSPS) is 12.0. The minimum atomic E-state index is -0.485. The molecule has 1 aromatic rings. The van der Waals surface area contributed by atoms with Crippen molar-refractivity contribution in [2.75, 3.05) is 24.0 Å². The van der Waals surface area contributed by atoms with Crippen molar-refractivity contribution in [3.63, 3.8) is 0 Å². The standard InChI is InChI=1S/C13H18N2O3S/c1-9(8-19-4)14(3)13-6-5-11(15(17)18)7-12(13)10(2)16/h5-7,9H,8H2,1-4H3. The number of Topliss-reactive ketones (excluding diaryl/α,β-unsaturated/α-hetero) is 1. The minimum Gasteiger partial charge on any atom is -0.370 e. The molecule has 0 saturated heterocycles. The van der Waals surface area contributed by atoms with E-state index in [4.69, 9.17) is 0 Å². The lowest BCUT2D eigenvalue weighted by Crippen LogP contribution is -2.32. The molecule has 0 bridgehead atoms. The zero-order chi connectivity index (χ0) is 14.6. The Balaban J connectivity index is 3.20. The van der Waals surface area contributed by atoms with E-state index < -0.39 is 4.92 Å².